The van der Waals surface area contributed by atoms with Crippen LogP contribution in [0.1, 0.15) is 37.3 Å². The van der Waals surface area contributed by atoms with Crippen molar-refractivity contribution in [3.63, 3.8) is 0 Å². The fraction of sp³-hybridized carbons (Fsp3) is 0.458. The van der Waals surface area contributed by atoms with E-state index in [1.165, 1.54) is 43.5 Å². The van der Waals surface area contributed by atoms with E-state index in [0.29, 0.717) is 36.1 Å². The normalized spacial score (nSPS) is 18.4. The first-order chi connectivity index (χ1) is 18.2. The van der Waals surface area contributed by atoms with E-state index in [2.05, 4.69) is 86.8 Å². The molecule has 1 saturated carbocycles. The molecule has 37 heavy (non-hydrogen) atoms. The Morgan fingerprint density at radius 2 is 1.86 bits per heavy atom. The largest absolute Gasteiger partial charge is 0.350 e. The number of likely N-dealkylation sites (tertiary alicyclic amines) is 1. The SMILES string of the molecule is C#C.CN1CCC(Nc2nc(Nc3cc(C4CC4)[nH]n3)nc(N3CCC3)n2)C1.O=CNc1cnccn1. The van der Waals surface area contributed by atoms with Crippen molar-refractivity contribution in [2.75, 3.05) is 54.1 Å². The zero-order valence-corrected chi connectivity index (χ0v) is 20.8. The molecule has 0 bridgehead atoms. The van der Waals surface area contributed by atoms with Gasteiger partial charge in [0, 0.05) is 55.7 Å². The Kier molecular flexibility index (Phi) is 8.77. The van der Waals surface area contributed by atoms with Crippen molar-refractivity contribution in [1.82, 2.24) is 40.0 Å². The number of aromatic amines is 1. The standard InChI is InChI=1S/C17H25N9.C5H5N3O.C2H2/c1-25-8-5-12(10-25)18-15-20-16(22-17(21-15)26-6-2-7-26)19-14-9-13(23-24-14)11-3-4-11;9-4-8-5-3-6-1-2-7-5;1-2/h9,11-12H,2-8,10H2,1H3,(H3,18,19,20,21,22,23,24);1-4H,(H,7,8,9);1-2H. The second-order valence-electron chi connectivity index (χ2n) is 8.98. The Hall–Kier alpha value is -4.31. The van der Waals surface area contributed by atoms with Gasteiger partial charge in [-0.3, -0.25) is 14.9 Å². The molecule has 0 aromatic carbocycles. The topological polar surface area (TPSA) is 153 Å². The van der Waals surface area contributed by atoms with Crippen LogP contribution < -0.4 is 20.9 Å². The van der Waals surface area contributed by atoms with E-state index >= 15 is 0 Å². The maximum atomic E-state index is 9.80. The van der Waals surface area contributed by atoms with Gasteiger partial charge in [-0.15, -0.1) is 12.8 Å². The lowest BCUT2D eigenvalue weighted by Gasteiger charge is -2.31. The highest BCUT2D eigenvalue weighted by molar-refractivity contribution is 5.67. The molecule has 1 atom stereocenters. The molecule has 2 saturated heterocycles. The highest BCUT2D eigenvalue weighted by Gasteiger charge is 2.26. The Labute approximate surface area is 215 Å². The van der Waals surface area contributed by atoms with Crippen molar-refractivity contribution in [2.24, 2.45) is 0 Å². The summed E-state index contributed by atoms with van der Waals surface area (Å²) < 4.78 is 0. The van der Waals surface area contributed by atoms with Crippen molar-refractivity contribution in [2.45, 2.75) is 37.6 Å². The van der Waals surface area contributed by atoms with E-state index in [1.807, 2.05) is 0 Å². The average Bonchev–Trinajstić information content (AvgIpc) is 3.49. The van der Waals surface area contributed by atoms with Crippen molar-refractivity contribution in [1.29, 1.82) is 0 Å². The predicted octanol–water partition coefficient (Wildman–Crippen LogP) is 1.84. The van der Waals surface area contributed by atoms with E-state index in [0.717, 1.165) is 44.4 Å². The van der Waals surface area contributed by atoms with Crippen LogP contribution in [0.25, 0.3) is 0 Å². The van der Waals surface area contributed by atoms with Gasteiger partial charge in [0.05, 0.1) is 6.20 Å². The molecule has 5 heterocycles. The first-order valence-corrected chi connectivity index (χ1v) is 12.2. The molecule has 3 aromatic rings. The number of hydrogen-bond acceptors (Lipinski definition) is 11. The summed E-state index contributed by atoms with van der Waals surface area (Å²) in [5.74, 6) is 3.80. The van der Waals surface area contributed by atoms with E-state index < -0.39 is 0 Å². The molecule has 2 aliphatic heterocycles. The molecule has 1 unspecified atom stereocenters. The highest BCUT2D eigenvalue weighted by atomic mass is 16.1. The molecular weight excluding hydrogens is 472 g/mol. The van der Waals surface area contributed by atoms with Crippen LogP contribution in [0.5, 0.6) is 0 Å². The molecule has 3 aliphatic rings. The Balaban J connectivity index is 0.000000246. The van der Waals surface area contributed by atoms with Gasteiger partial charge in [0.2, 0.25) is 24.3 Å². The number of aromatic nitrogens is 7. The number of amides is 1. The summed E-state index contributed by atoms with van der Waals surface area (Å²) in [6.45, 7) is 4.12. The molecule has 4 N–H and O–H groups in total. The Morgan fingerprint density at radius 3 is 2.49 bits per heavy atom. The maximum absolute atomic E-state index is 9.80. The molecule has 0 spiro atoms. The molecule has 1 amide bonds. The number of rotatable bonds is 8. The second-order valence-corrected chi connectivity index (χ2v) is 8.98. The van der Waals surface area contributed by atoms with Crippen LogP contribution in [0.2, 0.25) is 0 Å². The smallest absolute Gasteiger partial charge is 0.235 e. The van der Waals surface area contributed by atoms with Crippen molar-refractivity contribution >= 4 is 35.9 Å². The number of terminal acetylenes is 1. The van der Waals surface area contributed by atoms with Gasteiger partial charge >= 0.3 is 0 Å². The number of carbonyl (C=O) groups excluding carboxylic acids is 1. The first-order valence-electron chi connectivity index (χ1n) is 12.2. The minimum absolute atomic E-state index is 0.381. The van der Waals surface area contributed by atoms with Crippen LogP contribution in [0.4, 0.5) is 29.5 Å². The summed E-state index contributed by atoms with van der Waals surface area (Å²) in [6.07, 6.45) is 17.9. The number of carbonyl (C=O) groups is 1. The lowest BCUT2D eigenvalue weighted by atomic mass is 10.2. The summed E-state index contributed by atoms with van der Waals surface area (Å²) in [7, 11) is 2.14. The lowest BCUT2D eigenvalue weighted by Crippen LogP contribution is -2.38. The monoisotopic (exact) mass is 504 g/mol. The molecule has 0 radical (unpaired) electrons. The van der Waals surface area contributed by atoms with Crippen LogP contribution in [0.3, 0.4) is 0 Å². The summed E-state index contributed by atoms with van der Waals surface area (Å²) in [5.41, 5.74) is 1.19. The van der Waals surface area contributed by atoms with Gasteiger partial charge in [0.1, 0.15) is 0 Å². The predicted molar refractivity (Wildman–Crippen MR) is 142 cm³/mol. The number of likely N-dealkylation sites (N-methyl/N-ethyl adjacent to an activating group) is 1. The zero-order chi connectivity index (χ0) is 26.0. The summed E-state index contributed by atoms with van der Waals surface area (Å²) in [5, 5.41) is 16.5. The van der Waals surface area contributed by atoms with Gasteiger partial charge in [-0.05, 0) is 39.3 Å². The minimum atomic E-state index is 0.381. The lowest BCUT2D eigenvalue weighted by molar-refractivity contribution is -0.105. The molecule has 1 aliphatic carbocycles. The third kappa shape index (κ3) is 7.34. The van der Waals surface area contributed by atoms with Gasteiger partial charge in [0.15, 0.2) is 11.6 Å². The molecule has 194 valence electrons. The Morgan fingerprint density at radius 1 is 1.05 bits per heavy atom. The van der Waals surface area contributed by atoms with Crippen LogP contribution in [-0.2, 0) is 4.79 Å². The van der Waals surface area contributed by atoms with Crippen LogP contribution in [-0.4, -0.2) is 85.7 Å². The number of hydrogen-bond donors (Lipinski definition) is 4. The minimum Gasteiger partial charge on any atom is -0.350 e. The van der Waals surface area contributed by atoms with Crippen molar-refractivity contribution < 1.29 is 4.79 Å². The van der Waals surface area contributed by atoms with Gasteiger partial charge in [-0.2, -0.15) is 20.1 Å². The zero-order valence-electron chi connectivity index (χ0n) is 20.8. The molecule has 13 heteroatoms. The average molecular weight is 505 g/mol. The number of H-pyrrole nitrogens is 1. The quantitative estimate of drug-likeness (QED) is 0.262. The summed E-state index contributed by atoms with van der Waals surface area (Å²) >= 11 is 0. The third-order valence-electron chi connectivity index (χ3n) is 6.11. The number of nitrogens with zero attached hydrogens (tertiary/aromatic N) is 8. The second kappa shape index (κ2) is 12.6. The number of anilines is 5. The van der Waals surface area contributed by atoms with E-state index in [1.54, 1.807) is 0 Å². The molecular formula is C24H32N12O. The fourth-order valence-corrected chi connectivity index (χ4v) is 3.93. The number of nitrogens with one attached hydrogen (secondary N) is 4. The van der Waals surface area contributed by atoms with Crippen LogP contribution in [0.15, 0.2) is 24.7 Å². The van der Waals surface area contributed by atoms with Gasteiger partial charge in [0.25, 0.3) is 0 Å². The maximum Gasteiger partial charge on any atom is 0.235 e. The van der Waals surface area contributed by atoms with Crippen molar-refractivity contribution in [3.8, 4) is 12.8 Å². The Bertz CT molecular complexity index is 1160. The first kappa shape index (κ1) is 25.8. The molecule has 3 aromatic heterocycles. The van der Waals surface area contributed by atoms with Crippen molar-refractivity contribution in [3.05, 3.63) is 30.4 Å². The van der Waals surface area contributed by atoms with Crippen LogP contribution in [0, 0.1) is 12.8 Å². The summed E-state index contributed by atoms with van der Waals surface area (Å²) in [4.78, 5) is 35.6. The molecule has 13 nitrogen and oxygen atoms in total. The van der Waals surface area contributed by atoms with E-state index in [-0.39, 0.29) is 0 Å². The van der Waals surface area contributed by atoms with E-state index in [4.69, 9.17) is 0 Å². The summed E-state index contributed by atoms with van der Waals surface area (Å²) in [6, 6.07) is 2.44. The molecule has 3 fully saturated rings. The van der Waals surface area contributed by atoms with Gasteiger partial charge in [-0.25, -0.2) is 4.98 Å². The van der Waals surface area contributed by atoms with Crippen LogP contribution >= 0.6 is 0 Å². The van der Waals surface area contributed by atoms with Gasteiger partial charge in [-0.1, -0.05) is 0 Å². The fourth-order valence-electron chi connectivity index (χ4n) is 3.93. The molecule has 6 rings (SSSR count). The third-order valence-corrected chi connectivity index (χ3v) is 6.11. The highest BCUT2D eigenvalue weighted by Crippen LogP contribution is 2.39. The van der Waals surface area contributed by atoms with Gasteiger partial charge < -0.3 is 25.8 Å². The van der Waals surface area contributed by atoms with E-state index in [9.17, 15) is 4.79 Å².